The Bertz CT molecular complexity index is 1180. The monoisotopic (exact) mass is 541 g/mol. The Morgan fingerprint density at radius 2 is 1.38 bits per heavy atom. The van der Waals surface area contributed by atoms with Gasteiger partial charge in [0.15, 0.2) is 0 Å². The maximum atomic E-state index is 13.5. The van der Waals surface area contributed by atoms with Gasteiger partial charge in [-0.05, 0) is 41.8 Å². The maximum absolute atomic E-state index is 13.5. The molecule has 34 heavy (non-hydrogen) atoms. The van der Waals surface area contributed by atoms with E-state index in [1.165, 1.54) is 17.7 Å². The lowest BCUT2D eigenvalue weighted by Gasteiger charge is -2.36. The predicted molar refractivity (Wildman–Crippen MR) is 137 cm³/mol. The zero-order valence-electron chi connectivity index (χ0n) is 18.8. The van der Waals surface area contributed by atoms with E-state index in [9.17, 15) is 13.2 Å². The van der Waals surface area contributed by atoms with Crippen LogP contribution in [0.15, 0.2) is 94.3 Å². The largest absolute Gasteiger partial charge is 0.339 e. The molecule has 1 aliphatic rings. The molecule has 3 aromatic rings. The summed E-state index contributed by atoms with van der Waals surface area (Å²) < 4.78 is 29.6. The van der Waals surface area contributed by atoms with Gasteiger partial charge in [-0.15, -0.1) is 0 Å². The SMILES string of the molecule is O=C([C@H](Cc1ccccc1)NS(=O)(=O)c1ccc(Br)cc1)N1CCN(Cc2ccccc2)CC1. The molecule has 0 aliphatic carbocycles. The summed E-state index contributed by atoms with van der Waals surface area (Å²) in [5, 5.41) is 0. The molecule has 0 radical (unpaired) electrons. The summed E-state index contributed by atoms with van der Waals surface area (Å²) in [5.41, 5.74) is 2.15. The molecule has 1 N–H and O–H groups in total. The molecule has 3 aromatic carbocycles. The zero-order valence-corrected chi connectivity index (χ0v) is 21.2. The molecule has 1 atom stereocenters. The molecule has 0 saturated carbocycles. The van der Waals surface area contributed by atoms with Crippen LogP contribution >= 0.6 is 15.9 Å². The average Bonchev–Trinajstić information content (AvgIpc) is 2.85. The Morgan fingerprint density at radius 3 is 1.97 bits per heavy atom. The van der Waals surface area contributed by atoms with Gasteiger partial charge in [0.25, 0.3) is 0 Å². The first-order chi connectivity index (χ1) is 16.4. The number of benzene rings is 3. The van der Waals surface area contributed by atoms with E-state index in [-0.39, 0.29) is 10.8 Å². The first-order valence-electron chi connectivity index (χ1n) is 11.3. The van der Waals surface area contributed by atoms with E-state index in [1.807, 2.05) is 48.5 Å². The number of sulfonamides is 1. The fourth-order valence-electron chi connectivity index (χ4n) is 4.09. The summed E-state index contributed by atoms with van der Waals surface area (Å²) in [6, 6.07) is 25.3. The first kappa shape index (κ1) is 24.6. The summed E-state index contributed by atoms with van der Waals surface area (Å²) in [6.45, 7) is 3.47. The third-order valence-corrected chi connectivity index (χ3v) is 7.95. The number of piperazine rings is 1. The van der Waals surface area contributed by atoms with Crippen molar-refractivity contribution in [1.29, 1.82) is 0 Å². The van der Waals surface area contributed by atoms with Crippen LogP contribution in [-0.2, 0) is 27.8 Å². The number of halogens is 1. The Hall–Kier alpha value is -2.52. The number of amides is 1. The van der Waals surface area contributed by atoms with Crippen LogP contribution in [0.5, 0.6) is 0 Å². The van der Waals surface area contributed by atoms with Crippen molar-refractivity contribution < 1.29 is 13.2 Å². The lowest BCUT2D eigenvalue weighted by atomic mass is 10.1. The molecule has 1 amide bonds. The smallest absolute Gasteiger partial charge is 0.241 e. The third kappa shape index (κ3) is 6.54. The van der Waals surface area contributed by atoms with Crippen LogP contribution in [0.1, 0.15) is 11.1 Å². The number of nitrogens with zero attached hydrogens (tertiary/aromatic N) is 2. The normalized spacial score (nSPS) is 15.7. The Balaban J connectivity index is 1.46. The second kappa shape index (κ2) is 11.3. The van der Waals surface area contributed by atoms with Crippen molar-refractivity contribution in [3.63, 3.8) is 0 Å². The highest BCUT2D eigenvalue weighted by atomic mass is 79.9. The second-order valence-electron chi connectivity index (χ2n) is 8.40. The highest BCUT2D eigenvalue weighted by Gasteiger charge is 2.31. The van der Waals surface area contributed by atoms with Gasteiger partial charge in [-0.25, -0.2) is 8.42 Å². The molecule has 8 heteroatoms. The molecule has 0 bridgehead atoms. The molecule has 1 heterocycles. The molecule has 1 aliphatic heterocycles. The summed E-state index contributed by atoms with van der Waals surface area (Å²) >= 11 is 3.33. The van der Waals surface area contributed by atoms with Crippen LogP contribution in [0.25, 0.3) is 0 Å². The van der Waals surface area contributed by atoms with Gasteiger partial charge in [0.1, 0.15) is 6.04 Å². The van der Waals surface area contributed by atoms with Crippen molar-refractivity contribution in [3.05, 3.63) is 101 Å². The van der Waals surface area contributed by atoms with Gasteiger partial charge in [0.2, 0.25) is 15.9 Å². The highest BCUT2D eigenvalue weighted by molar-refractivity contribution is 9.10. The van der Waals surface area contributed by atoms with Crippen molar-refractivity contribution in [2.24, 2.45) is 0 Å². The fourth-order valence-corrected chi connectivity index (χ4v) is 5.54. The predicted octanol–water partition coefficient (Wildman–Crippen LogP) is 3.68. The molecule has 0 aromatic heterocycles. The first-order valence-corrected chi connectivity index (χ1v) is 13.6. The standard InChI is InChI=1S/C26H28BrN3O3S/c27-23-11-13-24(14-12-23)34(32,33)28-25(19-21-7-3-1-4-8-21)26(31)30-17-15-29(16-18-30)20-22-9-5-2-6-10-22/h1-14,25,28H,15-20H2/t25-/m0/s1. The molecule has 1 saturated heterocycles. The number of rotatable bonds is 8. The van der Waals surface area contributed by atoms with Gasteiger partial charge < -0.3 is 4.90 Å². The minimum Gasteiger partial charge on any atom is -0.339 e. The summed E-state index contributed by atoms with van der Waals surface area (Å²) in [6.07, 6.45) is 0.291. The van der Waals surface area contributed by atoms with E-state index >= 15 is 0 Å². The van der Waals surface area contributed by atoms with Crippen molar-refractivity contribution in [2.45, 2.75) is 23.9 Å². The molecule has 0 spiro atoms. The number of carbonyl (C=O) groups excluding carboxylic acids is 1. The van der Waals surface area contributed by atoms with Gasteiger partial charge in [-0.1, -0.05) is 76.6 Å². The van der Waals surface area contributed by atoms with E-state index in [2.05, 4.69) is 37.7 Å². The van der Waals surface area contributed by atoms with Crippen LogP contribution in [-0.4, -0.2) is 56.3 Å². The topological polar surface area (TPSA) is 69.7 Å². The quantitative estimate of drug-likeness (QED) is 0.472. The molecular weight excluding hydrogens is 514 g/mol. The second-order valence-corrected chi connectivity index (χ2v) is 11.0. The summed E-state index contributed by atoms with van der Waals surface area (Å²) in [5.74, 6) is -0.191. The minimum absolute atomic E-state index is 0.134. The lowest BCUT2D eigenvalue weighted by molar-refractivity contribution is -0.134. The van der Waals surface area contributed by atoms with Gasteiger partial charge in [-0.3, -0.25) is 9.69 Å². The molecular formula is C26H28BrN3O3S. The molecule has 178 valence electrons. The number of nitrogens with one attached hydrogen (secondary N) is 1. The Kier molecular flexibility index (Phi) is 8.15. The van der Waals surface area contributed by atoms with Crippen molar-refractivity contribution in [3.8, 4) is 0 Å². The van der Waals surface area contributed by atoms with Gasteiger partial charge in [-0.2, -0.15) is 4.72 Å². The van der Waals surface area contributed by atoms with Crippen LogP contribution in [0.2, 0.25) is 0 Å². The van der Waals surface area contributed by atoms with Gasteiger partial charge >= 0.3 is 0 Å². The lowest BCUT2D eigenvalue weighted by Crippen LogP contribution is -2.55. The van der Waals surface area contributed by atoms with Gasteiger partial charge in [0, 0.05) is 37.2 Å². The number of carbonyl (C=O) groups is 1. The zero-order chi connectivity index (χ0) is 24.0. The van der Waals surface area contributed by atoms with E-state index in [0.29, 0.717) is 19.5 Å². The van der Waals surface area contributed by atoms with E-state index in [4.69, 9.17) is 0 Å². The number of hydrogen-bond donors (Lipinski definition) is 1. The Morgan fingerprint density at radius 1 is 0.824 bits per heavy atom. The fraction of sp³-hybridized carbons (Fsp3) is 0.269. The molecule has 6 nitrogen and oxygen atoms in total. The maximum Gasteiger partial charge on any atom is 0.241 e. The molecule has 4 rings (SSSR count). The Labute approximate surface area is 209 Å². The third-order valence-electron chi connectivity index (χ3n) is 5.94. The van der Waals surface area contributed by atoms with Crippen LogP contribution in [0.3, 0.4) is 0 Å². The molecule has 1 fully saturated rings. The highest BCUT2D eigenvalue weighted by Crippen LogP contribution is 2.17. The van der Waals surface area contributed by atoms with Crippen molar-refractivity contribution in [2.75, 3.05) is 26.2 Å². The van der Waals surface area contributed by atoms with E-state index in [0.717, 1.165) is 29.7 Å². The minimum atomic E-state index is -3.86. The molecule has 0 unspecified atom stereocenters. The average molecular weight is 542 g/mol. The van der Waals surface area contributed by atoms with Crippen LogP contribution in [0, 0.1) is 0 Å². The van der Waals surface area contributed by atoms with E-state index < -0.39 is 16.1 Å². The van der Waals surface area contributed by atoms with Crippen molar-refractivity contribution >= 4 is 31.9 Å². The summed E-state index contributed by atoms with van der Waals surface area (Å²) in [7, 11) is -3.86. The summed E-state index contributed by atoms with van der Waals surface area (Å²) in [4.78, 5) is 17.7. The van der Waals surface area contributed by atoms with E-state index in [1.54, 1.807) is 17.0 Å². The van der Waals surface area contributed by atoms with Crippen LogP contribution < -0.4 is 4.72 Å². The van der Waals surface area contributed by atoms with Crippen LogP contribution in [0.4, 0.5) is 0 Å². The van der Waals surface area contributed by atoms with Gasteiger partial charge in [0.05, 0.1) is 4.90 Å². The number of hydrogen-bond acceptors (Lipinski definition) is 4. The van der Waals surface area contributed by atoms with Crippen molar-refractivity contribution in [1.82, 2.24) is 14.5 Å².